The molecule has 0 aromatic rings. The monoisotopic (exact) mass is 174 g/mol. The molecule has 0 radical (unpaired) electrons. The molecule has 1 nitrogen and oxygen atoms in total. The van der Waals surface area contributed by atoms with E-state index in [1.807, 2.05) is 0 Å². The molecule has 2 heteroatoms. The molecular formula is C9H15ClO. The lowest BCUT2D eigenvalue weighted by atomic mass is 10.1. The van der Waals surface area contributed by atoms with Gasteiger partial charge in [0.25, 0.3) is 0 Å². The first-order valence-electron chi connectivity index (χ1n) is 3.91. The van der Waals surface area contributed by atoms with Gasteiger partial charge >= 0.3 is 0 Å². The Balaban J connectivity index is 3.17. The van der Waals surface area contributed by atoms with E-state index >= 15 is 0 Å². The normalized spacial score (nSPS) is 12.2. The zero-order chi connectivity index (χ0) is 8.53. The third kappa shape index (κ3) is 7.67. The van der Waals surface area contributed by atoms with E-state index in [9.17, 15) is 0 Å². The van der Waals surface area contributed by atoms with Gasteiger partial charge in [-0.3, -0.25) is 0 Å². The Labute approximate surface area is 73.4 Å². The average Bonchev–Trinajstić information content (AvgIpc) is 1.99. The number of alkyl halides is 1. The van der Waals surface area contributed by atoms with Crippen molar-refractivity contribution in [2.75, 3.05) is 5.88 Å². The second-order valence-electron chi connectivity index (χ2n) is 2.48. The fraction of sp³-hybridized carbons (Fsp3) is 0.667. The zero-order valence-corrected chi connectivity index (χ0v) is 7.48. The fourth-order valence-electron chi connectivity index (χ4n) is 0.844. The Morgan fingerprint density at radius 3 is 2.73 bits per heavy atom. The summed E-state index contributed by atoms with van der Waals surface area (Å²) in [7, 11) is 0. The molecule has 0 bridgehead atoms. The van der Waals surface area contributed by atoms with Crippen LogP contribution in [-0.2, 0) is 0 Å². The van der Waals surface area contributed by atoms with E-state index in [0.29, 0.717) is 5.88 Å². The predicted molar refractivity (Wildman–Crippen MR) is 48.9 cm³/mol. The Hall–Kier alpha value is -0.230. The minimum atomic E-state index is -0.372. The first-order chi connectivity index (χ1) is 5.31. The van der Waals surface area contributed by atoms with Gasteiger partial charge in [0.05, 0.1) is 6.10 Å². The van der Waals surface area contributed by atoms with Crippen molar-refractivity contribution >= 4 is 11.6 Å². The smallest absolute Gasteiger partial charge is 0.0794 e. The van der Waals surface area contributed by atoms with Gasteiger partial charge in [-0.1, -0.05) is 19.4 Å². The van der Waals surface area contributed by atoms with Crippen LogP contribution in [0.2, 0.25) is 0 Å². The molecular weight excluding hydrogens is 160 g/mol. The molecule has 1 atom stereocenters. The standard InChI is InChI=1S/C9H15ClO/c1-2-6-9(11)7-4-3-5-8-10/h6,9,11H,1,3-5,7-8H2/t9-/m1/s1. The average molecular weight is 175 g/mol. The van der Waals surface area contributed by atoms with Gasteiger partial charge in [0, 0.05) is 5.88 Å². The molecule has 0 aromatic heterocycles. The summed E-state index contributed by atoms with van der Waals surface area (Å²) in [5.74, 6) is 0.716. The summed E-state index contributed by atoms with van der Waals surface area (Å²) in [5, 5.41) is 9.16. The predicted octanol–water partition coefficient (Wildman–Crippen LogP) is 2.49. The van der Waals surface area contributed by atoms with Gasteiger partial charge in [0.15, 0.2) is 0 Å². The van der Waals surface area contributed by atoms with Crippen molar-refractivity contribution < 1.29 is 5.11 Å². The van der Waals surface area contributed by atoms with Crippen LogP contribution in [0.3, 0.4) is 0 Å². The largest absolute Gasteiger partial charge is 0.388 e. The lowest BCUT2D eigenvalue weighted by Gasteiger charge is -2.02. The van der Waals surface area contributed by atoms with E-state index in [0.717, 1.165) is 25.7 Å². The number of aliphatic hydroxyl groups is 1. The summed E-state index contributed by atoms with van der Waals surface area (Å²) in [5.41, 5.74) is 2.56. The van der Waals surface area contributed by atoms with Crippen molar-refractivity contribution in [2.24, 2.45) is 0 Å². The van der Waals surface area contributed by atoms with Gasteiger partial charge in [-0.05, 0) is 18.9 Å². The Kier molecular flexibility index (Phi) is 7.71. The minimum Gasteiger partial charge on any atom is -0.388 e. The Morgan fingerprint density at radius 1 is 1.45 bits per heavy atom. The number of aliphatic hydroxyl groups excluding tert-OH is 1. The lowest BCUT2D eigenvalue weighted by Crippen LogP contribution is -2.00. The molecule has 0 heterocycles. The molecule has 0 saturated heterocycles. The van der Waals surface area contributed by atoms with E-state index in [1.165, 1.54) is 0 Å². The van der Waals surface area contributed by atoms with Crippen molar-refractivity contribution in [1.82, 2.24) is 0 Å². The molecule has 0 aliphatic heterocycles. The fourth-order valence-corrected chi connectivity index (χ4v) is 1.03. The van der Waals surface area contributed by atoms with Crippen LogP contribution in [0.15, 0.2) is 18.4 Å². The highest BCUT2D eigenvalue weighted by Gasteiger charge is 1.96. The van der Waals surface area contributed by atoms with Gasteiger partial charge in [0.1, 0.15) is 0 Å². The van der Waals surface area contributed by atoms with E-state index < -0.39 is 0 Å². The summed E-state index contributed by atoms with van der Waals surface area (Å²) < 4.78 is 0. The summed E-state index contributed by atoms with van der Waals surface area (Å²) in [6, 6.07) is 0. The summed E-state index contributed by atoms with van der Waals surface area (Å²) >= 11 is 5.49. The molecule has 11 heavy (non-hydrogen) atoms. The van der Waals surface area contributed by atoms with Crippen molar-refractivity contribution in [3.8, 4) is 0 Å². The third-order valence-electron chi connectivity index (χ3n) is 1.44. The Morgan fingerprint density at radius 2 is 2.18 bits per heavy atom. The maximum atomic E-state index is 9.16. The SMILES string of the molecule is C=C=C[C@@H](O)CCCCCCl. The molecule has 0 spiro atoms. The quantitative estimate of drug-likeness (QED) is 0.373. The maximum absolute atomic E-state index is 9.16. The molecule has 0 amide bonds. The van der Waals surface area contributed by atoms with Gasteiger partial charge in [0.2, 0.25) is 0 Å². The van der Waals surface area contributed by atoms with Crippen LogP contribution in [0, 0.1) is 0 Å². The van der Waals surface area contributed by atoms with Crippen molar-refractivity contribution in [1.29, 1.82) is 0 Å². The molecule has 0 aliphatic carbocycles. The molecule has 0 unspecified atom stereocenters. The number of hydrogen-bond acceptors (Lipinski definition) is 1. The van der Waals surface area contributed by atoms with Crippen LogP contribution >= 0.6 is 11.6 Å². The second-order valence-corrected chi connectivity index (χ2v) is 2.85. The van der Waals surface area contributed by atoms with Crippen LogP contribution in [0.4, 0.5) is 0 Å². The van der Waals surface area contributed by atoms with Crippen molar-refractivity contribution in [3.05, 3.63) is 18.4 Å². The van der Waals surface area contributed by atoms with Crippen LogP contribution < -0.4 is 0 Å². The van der Waals surface area contributed by atoms with E-state index in [1.54, 1.807) is 6.08 Å². The summed E-state index contributed by atoms with van der Waals surface area (Å²) in [4.78, 5) is 0. The van der Waals surface area contributed by atoms with Crippen molar-refractivity contribution in [3.63, 3.8) is 0 Å². The van der Waals surface area contributed by atoms with Crippen LogP contribution in [0.1, 0.15) is 25.7 Å². The molecule has 64 valence electrons. The van der Waals surface area contributed by atoms with Crippen molar-refractivity contribution in [2.45, 2.75) is 31.8 Å². The third-order valence-corrected chi connectivity index (χ3v) is 1.71. The lowest BCUT2D eigenvalue weighted by molar-refractivity contribution is 0.208. The minimum absolute atomic E-state index is 0.372. The van der Waals surface area contributed by atoms with Gasteiger partial charge in [-0.15, -0.1) is 17.3 Å². The maximum Gasteiger partial charge on any atom is 0.0794 e. The first kappa shape index (κ1) is 10.8. The number of unbranched alkanes of at least 4 members (excludes halogenated alkanes) is 2. The molecule has 0 rings (SSSR count). The van der Waals surface area contributed by atoms with Gasteiger partial charge in [-0.2, -0.15) is 0 Å². The molecule has 0 aliphatic rings. The summed E-state index contributed by atoms with van der Waals surface area (Å²) in [6.45, 7) is 3.38. The summed E-state index contributed by atoms with van der Waals surface area (Å²) in [6.07, 6.45) is 5.15. The molecule has 0 aromatic carbocycles. The molecule has 1 N–H and O–H groups in total. The molecule has 0 fully saturated rings. The highest BCUT2D eigenvalue weighted by atomic mass is 35.5. The van der Waals surface area contributed by atoms with E-state index in [4.69, 9.17) is 16.7 Å². The van der Waals surface area contributed by atoms with Crippen LogP contribution in [0.25, 0.3) is 0 Å². The van der Waals surface area contributed by atoms with Gasteiger partial charge in [-0.25, -0.2) is 0 Å². The molecule has 0 saturated carbocycles. The number of rotatable bonds is 6. The van der Waals surface area contributed by atoms with Crippen LogP contribution in [-0.4, -0.2) is 17.1 Å². The zero-order valence-electron chi connectivity index (χ0n) is 6.72. The van der Waals surface area contributed by atoms with E-state index in [-0.39, 0.29) is 6.10 Å². The highest BCUT2D eigenvalue weighted by molar-refractivity contribution is 6.17. The van der Waals surface area contributed by atoms with Gasteiger partial charge < -0.3 is 5.11 Å². The van der Waals surface area contributed by atoms with E-state index in [2.05, 4.69) is 12.3 Å². The Bertz CT molecular complexity index is 128. The number of halogens is 1. The van der Waals surface area contributed by atoms with Crippen LogP contribution in [0.5, 0.6) is 0 Å². The highest BCUT2D eigenvalue weighted by Crippen LogP contribution is 2.04. The topological polar surface area (TPSA) is 20.2 Å². The second kappa shape index (κ2) is 7.87. The number of hydrogen-bond donors (Lipinski definition) is 1. The first-order valence-corrected chi connectivity index (χ1v) is 4.44.